The van der Waals surface area contributed by atoms with Gasteiger partial charge in [0.15, 0.2) is 4.80 Å². The number of thiazole rings is 1. The van der Waals surface area contributed by atoms with Crippen LogP contribution in [0.15, 0.2) is 47.5 Å². The van der Waals surface area contributed by atoms with Gasteiger partial charge in [-0.05, 0) is 18.2 Å². The third kappa shape index (κ3) is 3.08. The highest BCUT2D eigenvalue weighted by molar-refractivity contribution is 7.16. The lowest BCUT2D eigenvalue weighted by molar-refractivity contribution is -0.385. The van der Waals surface area contributed by atoms with Crippen molar-refractivity contribution in [2.24, 2.45) is 4.99 Å². The van der Waals surface area contributed by atoms with E-state index in [1.165, 1.54) is 29.5 Å². The van der Waals surface area contributed by atoms with E-state index in [0.717, 1.165) is 10.2 Å². The van der Waals surface area contributed by atoms with Gasteiger partial charge in [-0.1, -0.05) is 35.5 Å². The second-order valence-electron chi connectivity index (χ2n) is 5.17. The predicted molar refractivity (Wildman–Crippen MR) is 98.2 cm³/mol. The fourth-order valence-corrected chi connectivity index (χ4v) is 3.59. The monoisotopic (exact) mass is 367 g/mol. The number of carbonyl (C=O) groups is 1. The number of terminal acetylenes is 1. The fraction of sp³-hybridized carbons (Fsp3) is 0.111. The first-order valence-electron chi connectivity index (χ1n) is 7.49. The average Bonchev–Trinajstić information content (AvgIpc) is 2.99. The Bertz CT molecular complexity index is 1120. The van der Waals surface area contributed by atoms with Crippen molar-refractivity contribution in [3.63, 3.8) is 0 Å². The number of rotatable bonds is 4. The number of benzene rings is 2. The number of hydrogen-bond acceptors (Lipinski definition) is 5. The molecule has 130 valence electrons. The summed E-state index contributed by atoms with van der Waals surface area (Å²) < 4.78 is 7.90. The molecule has 3 rings (SSSR count). The summed E-state index contributed by atoms with van der Waals surface area (Å²) in [6.45, 7) is 0.184. The van der Waals surface area contributed by atoms with E-state index in [1.54, 1.807) is 23.8 Å². The molecule has 0 saturated carbocycles. The smallest absolute Gasteiger partial charge is 0.286 e. The van der Waals surface area contributed by atoms with Crippen LogP contribution >= 0.6 is 11.3 Å². The van der Waals surface area contributed by atoms with Gasteiger partial charge in [-0.2, -0.15) is 4.99 Å². The second kappa shape index (κ2) is 7.21. The lowest BCUT2D eigenvalue weighted by Gasteiger charge is -2.05. The van der Waals surface area contributed by atoms with Crippen LogP contribution in [-0.4, -0.2) is 22.5 Å². The minimum absolute atomic E-state index is 0.0748. The summed E-state index contributed by atoms with van der Waals surface area (Å²) in [5, 5.41) is 11.1. The van der Waals surface area contributed by atoms with Gasteiger partial charge in [0.2, 0.25) is 0 Å². The molecule has 0 fully saturated rings. The Labute approximate surface area is 152 Å². The predicted octanol–water partition coefficient (Wildman–Crippen LogP) is 2.99. The number of hydrogen-bond donors (Lipinski definition) is 0. The summed E-state index contributed by atoms with van der Waals surface area (Å²) in [4.78, 5) is 27.5. The van der Waals surface area contributed by atoms with Crippen LogP contribution in [0.2, 0.25) is 0 Å². The van der Waals surface area contributed by atoms with E-state index in [1.807, 2.05) is 12.1 Å². The van der Waals surface area contributed by atoms with E-state index < -0.39 is 10.8 Å². The zero-order chi connectivity index (χ0) is 18.7. The molecule has 0 radical (unpaired) electrons. The number of nitrogens with zero attached hydrogens (tertiary/aromatic N) is 3. The van der Waals surface area contributed by atoms with Crippen LogP contribution in [0.1, 0.15) is 10.4 Å². The van der Waals surface area contributed by atoms with Crippen molar-refractivity contribution >= 4 is 33.1 Å². The normalized spacial score (nSPS) is 11.3. The zero-order valence-electron chi connectivity index (χ0n) is 13.7. The minimum atomic E-state index is -0.700. The number of fused-ring (bicyclic) bond motifs is 1. The third-order valence-corrected chi connectivity index (χ3v) is 4.71. The zero-order valence-corrected chi connectivity index (χ0v) is 14.5. The van der Waals surface area contributed by atoms with Crippen LogP contribution in [0.4, 0.5) is 5.69 Å². The van der Waals surface area contributed by atoms with E-state index >= 15 is 0 Å². The maximum absolute atomic E-state index is 12.6. The van der Waals surface area contributed by atoms with Crippen molar-refractivity contribution in [2.45, 2.75) is 6.54 Å². The fourth-order valence-electron chi connectivity index (χ4n) is 2.55. The first-order chi connectivity index (χ1) is 12.6. The van der Waals surface area contributed by atoms with Gasteiger partial charge >= 0.3 is 0 Å². The van der Waals surface area contributed by atoms with Crippen LogP contribution in [-0.2, 0) is 6.54 Å². The van der Waals surface area contributed by atoms with Crippen LogP contribution < -0.4 is 9.54 Å². The molecule has 0 aliphatic heterocycles. The molecule has 1 heterocycles. The van der Waals surface area contributed by atoms with Gasteiger partial charge < -0.3 is 9.30 Å². The van der Waals surface area contributed by atoms with Gasteiger partial charge in [0.05, 0.1) is 23.3 Å². The number of amides is 1. The average molecular weight is 367 g/mol. The maximum Gasteiger partial charge on any atom is 0.286 e. The van der Waals surface area contributed by atoms with Crippen LogP contribution in [0, 0.1) is 22.5 Å². The number of ether oxygens (including phenoxy) is 1. The molecule has 7 nitrogen and oxygen atoms in total. The molecule has 0 aliphatic rings. The highest BCUT2D eigenvalue weighted by atomic mass is 32.1. The standard InChI is InChI=1S/C18H13N3O4S/c1-3-11-20-16-14(25-2)9-6-10-15(16)26-18(20)19-17(22)12-7-4-5-8-13(12)21(23)24/h1,4-10H,11H2,2H3. The van der Waals surface area contributed by atoms with Gasteiger partial charge in [-0.3, -0.25) is 14.9 Å². The van der Waals surface area contributed by atoms with Gasteiger partial charge in [0, 0.05) is 6.07 Å². The van der Waals surface area contributed by atoms with E-state index in [-0.39, 0.29) is 17.8 Å². The van der Waals surface area contributed by atoms with Crippen molar-refractivity contribution in [3.8, 4) is 18.1 Å². The molecule has 2 aromatic carbocycles. The number of nitro groups is 1. The topological polar surface area (TPSA) is 86.7 Å². The number of carbonyl (C=O) groups excluding carboxylic acids is 1. The first-order valence-corrected chi connectivity index (χ1v) is 8.30. The van der Waals surface area contributed by atoms with Gasteiger partial charge in [-0.15, -0.1) is 6.42 Å². The number of para-hydroxylation sites is 2. The van der Waals surface area contributed by atoms with Gasteiger partial charge in [0.1, 0.15) is 16.8 Å². The number of aromatic nitrogens is 1. The first kappa shape index (κ1) is 17.4. The molecule has 8 heteroatoms. The van der Waals surface area contributed by atoms with Crippen LogP contribution in [0.5, 0.6) is 5.75 Å². The Morgan fingerprint density at radius 3 is 2.81 bits per heavy atom. The summed E-state index contributed by atoms with van der Waals surface area (Å²) in [5.74, 6) is 2.44. The Morgan fingerprint density at radius 1 is 1.35 bits per heavy atom. The molecule has 0 N–H and O–H groups in total. The lowest BCUT2D eigenvalue weighted by atomic mass is 10.2. The summed E-state index contributed by atoms with van der Waals surface area (Å²) in [6, 6.07) is 11.2. The quantitative estimate of drug-likeness (QED) is 0.403. The molecule has 0 bridgehead atoms. The highest BCUT2D eigenvalue weighted by Gasteiger charge is 2.19. The van der Waals surface area contributed by atoms with Crippen molar-refractivity contribution in [1.29, 1.82) is 0 Å². The molecule has 1 aromatic heterocycles. The number of nitro benzene ring substituents is 1. The summed E-state index contributed by atoms with van der Waals surface area (Å²) in [5.41, 5.74) is 0.365. The summed E-state index contributed by atoms with van der Waals surface area (Å²) in [6.07, 6.45) is 5.45. The van der Waals surface area contributed by atoms with Crippen molar-refractivity contribution in [3.05, 3.63) is 62.9 Å². The summed E-state index contributed by atoms with van der Waals surface area (Å²) in [7, 11) is 1.54. The van der Waals surface area contributed by atoms with Crippen LogP contribution in [0.25, 0.3) is 10.2 Å². The SMILES string of the molecule is C#CCn1c(=NC(=O)c2ccccc2[N+](=O)[O-])sc2cccc(OC)c21. The van der Waals surface area contributed by atoms with E-state index in [9.17, 15) is 14.9 Å². The third-order valence-electron chi connectivity index (χ3n) is 3.66. The maximum atomic E-state index is 12.6. The number of methoxy groups -OCH3 is 1. The Balaban J connectivity index is 2.22. The van der Waals surface area contributed by atoms with E-state index in [2.05, 4.69) is 10.9 Å². The molecule has 0 unspecified atom stereocenters. The second-order valence-corrected chi connectivity index (χ2v) is 6.18. The minimum Gasteiger partial charge on any atom is -0.495 e. The highest BCUT2D eigenvalue weighted by Crippen LogP contribution is 2.27. The Hall–Kier alpha value is -3.44. The van der Waals surface area contributed by atoms with Crippen molar-refractivity contribution in [2.75, 3.05) is 7.11 Å². The Kier molecular flexibility index (Phi) is 4.82. The molecular weight excluding hydrogens is 354 g/mol. The molecule has 26 heavy (non-hydrogen) atoms. The van der Waals surface area contributed by atoms with Gasteiger partial charge in [0.25, 0.3) is 11.6 Å². The molecule has 3 aromatic rings. The molecule has 0 spiro atoms. The molecule has 0 saturated heterocycles. The largest absolute Gasteiger partial charge is 0.495 e. The van der Waals surface area contributed by atoms with Crippen molar-refractivity contribution < 1.29 is 14.5 Å². The van der Waals surface area contributed by atoms with Crippen molar-refractivity contribution in [1.82, 2.24) is 4.57 Å². The lowest BCUT2D eigenvalue weighted by Crippen LogP contribution is -2.17. The van der Waals surface area contributed by atoms with E-state index in [0.29, 0.717) is 10.6 Å². The summed E-state index contributed by atoms with van der Waals surface area (Å²) >= 11 is 1.26. The van der Waals surface area contributed by atoms with E-state index in [4.69, 9.17) is 11.2 Å². The van der Waals surface area contributed by atoms with Crippen LogP contribution in [0.3, 0.4) is 0 Å². The Morgan fingerprint density at radius 2 is 2.12 bits per heavy atom. The molecular formula is C18H13N3O4S. The molecule has 0 aliphatic carbocycles. The molecule has 0 atom stereocenters. The van der Waals surface area contributed by atoms with Gasteiger partial charge in [-0.25, -0.2) is 0 Å². The molecule has 1 amide bonds.